The molecule has 1 aliphatic heterocycles. The molecule has 7 nitrogen and oxygen atoms in total. The van der Waals surface area contributed by atoms with Crippen molar-refractivity contribution in [1.82, 2.24) is 24.6 Å². The van der Waals surface area contributed by atoms with Crippen molar-refractivity contribution < 1.29 is 9.53 Å². The van der Waals surface area contributed by atoms with Crippen LogP contribution < -0.4 is 4.74 Å². The van der Waals surface area contributed by atoms with Crippen LogP contribution in [0.4, 0.5) is 0 Å². The van der Waals surface area contributed by atoms with E-state index in [0.717, 1.165) is 42.2 Å². The number of hydrogen-bond acceptors (Lipinski definition) is 6. The topological polar surface area (TPSA) is 73.1 Å². The first-order valence-electron chi connectivity index (χ1n) is 12.3. The van der Waals surface area contributed by atoms with E-state index in [-0.39, 0.29) is 5.91 Å². The summed E-state index contributed by atoms with van der Waals surface area (Å²) in [7, 11) is 0. The van der Waals surface area contributed by atoms with Crippen molar-refractivity contribution in [3.8, 4) is 22.8 Å². The third kappa shape index (κ3) is 4.82. The van der Waals surface area contributed by atoms with Gasteiger partial charge in [-0.05, 0) is 74.9 Å². The number of piperidine rings is 1. The first kappa shape index (κ1) is 22.9. The van der Waals surface area contributed by atoms with Crippen LogP contribution in [0.1, 0.15) is 45.4 Å². The number of carbonyl (C=O) groups excluding carboxylic acids is 1. The Labute approximate surface area is 204 Å². The standard InChI is InChI=1S/C26H31N5O2S/c1-2-33-22-11-9-21(10-12-22)31-25(20-13-15-27-16-14-20)28-29-26(31)34-18-24(32)30-17-5-7-19-6-3-4-8-23(19)30/h9-16,19,23H,2-8,17-18H2,1H3/t19-,23+/m0/s1. The molecule has 2 aromatic heterocycles. The van der Waals surface area contributed by atoms with Gasteiger partial charge in [0.2, 0.25) is 5.91 Å². The lowest BCUT2D eigenvalue weighted by Gasteiger charge is -2.44. The summed E-state index contributed by atoms with van der Waals surface area (Å²) < 4.78 is 7.63. The van der Waals surface area contributed by atoms with E-state index in [9.17, 15) is 4.79 Å². The summed E-state index contributed by atoms with van der Waals surface area (Å²) in [4.78, 5) is 19.6. The molecule has 1 aromatic carbocycles. The van der Waals surface area contributed by atoms with E-state index in [2.05, 4.69) is 20.1 Å². The average Bonchev–Trinajstić information content (AvgIpc) is 3.32. The second kappa shape index (κ2) is 10.6. The lowest BCUT2D eigenvalue weighted by Crippen LogP contribution is -2.50. The molecule has 0 radical (unpaired) electrons. The molecule has 2 aliphatic rings. The number of nitrogens with zero attached hydrogens (tertiary/aromatic N) is 5. The van der Waals surface area contributed by atoms with Gasteiger partial charge in [-0.15, -0.1) is 10.2 Å². The van der Waals surface area contributed by atoms with Crippen molar-refractivity contribution in [2.45, 2.75) is 56.6 Å². The Bertz CT molecular complexity index is 1100. The van der Waals surface area contributed by atoms with Crippen LogP contribution in [-0.2, 0) is 4.79 Å². The van der Waals surface area contributed by atoms with Crippen LogP contribution in [0.3, 0.4) is 0 Å². The van der Waals surface area contributed by atoms with Gasteiger partial charge in [0.1, 0.15) is 5.75 Å². The van der Waals surface area contributed by atoms with Crippen LogP contribution in [0.5, 0.6) is 5.75 Å². The highest BCUT2D eigenvalue weighted by atomic mass is 32.2. The molecule has 0 bridgehead atoms. The fourth-order valence-electron chi connectivity index (χ4n) is 5.29. The number of rotatable bonds is 7. The van der Waals surface area contributed by atoms with Crippen molar-refractivity contribution in [3.63, 3.8) is 0 Å². The normalized spacial score (nSPS) is 20.1. The second-order valence-corrected chi connectivity index (χ2v) is 9.88. The number of amides is 1. The van der Waals surface area contributed by atoms with E-state index in [1.165, 1.54) is 37.4 Å². The number of thioether (sulfide) groups is 1. The first-order chi connectivity index (χ1) is 16.7. The third-order valence-electron chi connectivity index (χ3n) is 6.87. The Kier molecular flexibility index (Phi) is 7.13. The second-order valence-electron chi connectivity index (χ2n) is 8.93. The van der Waals surface area contributed by atoms with Crippen molar-refractivity contribution in [1.29, 1.82) is 0 Å². The molecule has 5 rings (SSSR count). The average molecular weight is 478 g/mol. The summed E-state index contributed by atoms with van der Waals surface area (Å²) in [6.07, 6.45) is 10.8. The van der Waals surface area contributed by atoms with Crippen molar-refractivity contribution in [2.24, 2.45) is 5.92 Å². The van der Waals surface area contributed by atoms with Gasteiger partial charge < -0.3 is 9.64 Å². The highest BCUT2D eigenvalue weighted by Crippen LogP contribution is 2.36. The summed E-state index contributed by atoms with van der Waals surface area (Å²) in [6, 6.07) is 12.2. The lowest BCUT2D eigenvalue weighted by molar-refractivity contribution is -0.134. The van der Waals surface area contributed by atoms with Crippen LogP contribution in [0.25, 0.3) is 17.1 Å². The molecule has 3 heterocycles. The number of pyridine rings is 1. The molecule has 8 heteroatoms. The number of hydrogen-bond donors (Lipinski definition) is 0. The maximum Gasteiger partial charge on any atom is 0.233 e. The van der Waals surface area contributed by atoms with Crippen molar-refractivity contribution >= 4 is 17.7 Å². The molecule has 0 N–H and O–H groups in total. The Balaban J connectivity index is 1.39. The zero-order chi connectivity index (χ0) is 23.3. The molecule has 34 heavy (non-hydrogen) atoms. The molecule has 0 spiro atoms. The summed E-state index contributed by atoms with van der Waals surface area (Å²) in [5.41, 5.74) is 1.86. The minimum absolute atomic E-state index is 0.216. The highest BCUT2D eigenvalue weighted by Gasteiger charge is 2.35. The molecule has 0 unspecified atom stereocenters. The Morgan fingerprint density at radius 2 is 1.79 bits per heavy atom. The Morgan fingerprint density at radius 1 is 1.03 bits per heavy atom. The van der Waals surface area contributed by atoms with E-state index < -0.39 is 0 Å². The molecule has 2 atom stereocenters. The minimum atomic E-state index is 0.216. The molecular formula is C26H31N5O2S. The fraction of sp³-hybridized carbons (Fsp3) is 0.462. The van der Waals surface area contributed by atoms with Crippen LogP contribution in [-0.4, -0.2) is 55.5 Å². The zero-order valence-electron chi connectivity index (χ0n) is 19.6. The summed E-state index contributed by atoms with van der Waals surface area (Å²) in [5.74, 6) is 2.82. The third-order valence-corrected chi connectivity index (χ3v) is 7.78. The number of aromatic nitrogens is 4. The molecular weight excluding hydrogens is 446 g/mol. The van der Waals surface area contributed by atoms with Gasteiger partial charge in [0.05, 0.1) is 12.4 Å². The van der Waals surface area contributed by atoms with Crippen molar-refractivity contribution in [2.75, 3.05) is 18.9 Å². The predicted molar refractivity (Wildman–Crippen MR) is 133 cm³/mol. The van der Waals surface area contributed by atoms with E-state index in [1.54, 1.807) is 12.4 Å². The van der Waals surface area contributed by atoms with Crippen LogP contribution >= 0.6 is 11.8 Å². The van der Waals surface area contributed by atoms with Gasteiger partial charge in [-0.2, -0.15) is 0 Å². The van der Waals surface area contributed by atoms with Gasteiger partial charge in [0, 0.05) is 36.2 Å². The Hall–Kier alpha value is -2.87. The van der Waals surface area contributed by atoms with Gasteiger partial charge in [0.25, 0.3) is 0 Å². The molecule has 1 saturated carbocycles. The number of ether oxygens (including phenoxy) is 1. The maximum absolute atomic E-state index is 13.3. The van der Waals surface area contributed by atoms with Gasteiger partial charge in [0.15, 0.2) is 11.0 Å². The first-order valence-corrected chi connectivity index (χ1v) is 13.2. The quantitative estimate of drug-likeness (QED) is 0.446. The molecule has 1 aliphatic carbocycles. The van der Waals surface area contributed by atoms with E-state index >= 15 is 0 Å². The highest BCUT2D eigenvalue weighted by molar-refractivity contribution is 7.99. The largest absolute Gasteiger partial charge is 0.494 e. The van der Waals surface area contributed by atoms with Crippen LogP contribution in [0.2, 0.25) is 0 Å². The van der Waals surface area contributed by atoms with Crippen molar-refractivity contribution in [3.05, 3.63) is 48.8 Å². The van der Waals surface area contributed by atoms with Crippen LogP contribution in [0, 0.1) is 5.92 Å². The SMILES string of the molecule is CCOc1ccc(-n2c(SCC(=O)N3CCC[C@@H]4CCCC[C@H]43)nnc2-c2ccncc2)cc1. The molecule has 3 aromatic rings. The maximum atomic E-state index is 13.3. The molecule has 178 valence electrons. The lowest BCUT2D eigenvalue weighted by atomic mass is 9.78. The number of fused-ring (bicyclic) bond motifs is 1. The van der Waals surface area contributed by atoms with E-state index in [4.69, 9.17) is 4.74 Å². The van der Waals surface area contributed by atoms with Gasteiger partial charge >= 0.3 is 0 Å². The van der Waals surface area contributed by atoms with Crippen LogP contribution in [0.15, 0.2) is 53.9 Å². The molecule has 1 amide bonds. The summed E-state index contributed by atoms with van der Waals surface area (Å²) in [6.45, 7) is 3.48. The predicted octanol–water partition coefficient (Wildman–Crippen LogP) is 5.00. The van der Waals surface area contributed by atoms with E-state index in [0.29, 0.717) is 29.5 Å². The monoisotopic (exact) mass is 477 g/mol. The van der Waals surface area contributed by atoms with Gasteiger partial charge in [-0.3, -0.25) is 14.3 Å². The smallest absolute Gasteiger partial charge is 0.233 e. The van der Waals surface area contributed by atoms with E-state index in [1.807, 2.05) is 47.9 Å². The summed E-state index contributed by atoms with van der Waals surface area (Å²) in [5, 5.41) is 9.68. The zero-order valence-corrected chi connectivity index (χ0v) is 20.4. The molecule has 2 fully saturated rings. The van der Waals surface area contributed by atoms with Gasteiger partial charge in [-0.25, -0.2) is 0 Å². The van der Waals surface area contributed by atoms with Gasteiger partial charge in [-0.1, -0.05) is 24.6 Å². The fourth-order valence-corrected chi connectivity index (χ4v) is 6.12. The molecule has 1 saturated heterocycles. The summed E-state index contributed by atoms with van der Waals surface area (Å²) >= 11 is 1.46. The number of benzene rings is 1. The Morgan fingerprint density at radius 3 is 2.59 bits per heavy atom. The number of carbonyl (C=O) groups is 1. The number of likely N-dealkylation sites (tertiary alicyclic amines) is 1. The minimum Gasteiger partial charge on any atom is -0.494 e.